The average molecular weight is 442 g/mol. The van der Waals surface area contributed by atoms with Gasteiger partial charge in [-0.25, -0.2) is 0 Å². The van der Waals surface area contributed by atoms with Crippen molar-refractivity contribution < 1.29 is 54.2 Å². The second-order valence-corrected chi connectivity index (χ2v) is 10.5. The van der Waals surface area contributed by atoms with Crippen molar-refractivity contribution in [1.82, 2.24) is 0 Å². The normalized spacial score (nSPS) is 32.0. The minimum absolute atomic E-state index is 0.0652. The van der Waals surface area contributed by atoms with E-state index in [0.717, 1.165) is 0 Å². The monoisotopic (exact) mass is 443 g/mol. The Labute approximate surface area is 145 Å². The van der Waals surface area contributed by atoms with E-state index in [-0.39, 0.29) is 17.2 Å². The number of rotatable bonds is 7. The summed E-state index contributed by atoms with van der Waals surface area (Å²) in [5.41, 5.74) is 0. The van der Waals surface area contributed by atoms with Crippen LogP contribution in [-0.4, -0.2) is 118 Å². The molecule has 8 atom stereocenters. The third-order valence-corrected chi connectivity index (χ3v) is 9.40. The van der Waals surface area contributed by atoms with E-state index in [1.54, 1.807) is 0 Å². The van der Waals surface area contributed by atoms with E-state index in [0.29, 0.717) is 0 Å². The molecule has 0 spiro atoms. The van der Waals surface area contributed by atoms with Gasteiger partial charge in [-0.15, -0.1) is 11.4 Å². The molecule has 1 saturated heterocycles. The number of aliphatic hydroxyl groups is 8. The fraction of sp³-hybridized carbons (Fsp3) is 1.00. The van der Waals surface area contributed by atoms with Crippen molar-refractivity contribution in [1.29, 1.82) is 0 Å². The first-order valence-corrected chi connectivity index (χ1v) is 11.2. The van der Waals surface area contributed by atoms with Crippen LogP contribution in [0.2, 0.25) is 15.5 Å². The summed E-state index contributed by atoms with van der Waals surface area (Å²) in [5, 5.41) is 75.7. The maximum atomic E-state index is 9.86. The minimum atomic E-state index is -3.11. The average Bonchev–Trinajstić information content (AvgIpc) is 2.78. The molecule has 8 N–H and O–H groups in total. The van der Waals surface area contributed by atoms with Crippen molar-refractivity contribution in [3.63, 3.8) is 0 Å². The van der Waals surface area contributed by atoms with Gasteiger partial charge in [0, 0.05) is 0 Å². The summed E-state index contributed by atoms with van der Waals surface area (Å²) in [6.07, 6.45) is -8.24. The first kappa shape index (κ1) is 24.3. The first-order chi connectivity index (χ1) is 11.1. The summed E-state index contributed by atoms with van der Waals surface area (Å²) in [5.74, 6) is 0. The molecule has 0 aliphatic carbocycles. The van der Waals surface area contributed by atoms with Gasteiger partial charge < -0.3 is 9.11 Å². The van der Waals surface area contributed by atoms with Crippen LogP contribution >= 0.6 is 0 Å². The predicted octanol–water partition coefficient (Wildman–Crippen LogP) is -4.99. The van der Waals surface area contributed by atoms with Crippen LogP contribution in [0.1, 0.15) is 0 Å². The Balaban J connectivity index is 0.00000118. The molecule has 1 heterocycles. The van der Waals surface area contributed by atoms with Crippen LogP contribution in [0.4, 0.5) is 0 Å². The van der Waals surface area contributed by atoms with E-state index in [9.17, 15) is 35.7 Å². The SMILES string of the molecule is O=S([O-])[O-].OC[C@@H]1[C@@H](O)[C@H](O)C[Se+]1C[C@@H](O)[C@H](O)[C@H](O)[C@@H](O)CO. The Morgan fingerprint density at radius 1 is 1.04 bits per heavy atom. The summed E-state index contributed by atoms with van der Waals surface area (Å²) >= 11 is -4.88. The third kappa shape index (κ3) is 7.66. The molecule has 0 aromatic carbocycles. The van der Waals surface area contributed by atoms with Crippen LogP contribution < -0.4 is 0 Å². The van der Waals surface area contributed by atoms with Crippen LogP contribution in [0, 0.1) is 0 Å². The van der Waals surface area contributed by atoms with Gasteiger partial charge in [0.1, 0.15) is 0 Å². The van der Waals surface area contributed by atoms with Gasteiger partial charge >= 0.3 is 120 Å². The molecule has 1 unspecified atom stereocenters. The quantitative estimate of drug-likeness (QED) is 0.138. The molecule has 1 fully saturated rings. The van der Waals surface area contributed by atoms with Crippen LogP contribution in [0.3, 0.4) is 0 Å². The summed E-state index contributed by atoms with van der Waals surface area (Å²) in [4.78, 5) is -0.494. The molecule has 0 bridgehead atoms. The second-order valence-electron chi connectivity index (χ2n) is 5.15. The van der Waals surface area contributed by atoms with E-state index in [1.165, 1.54) is 0 Å². The molecule has 146 valence electrons. The summed E-state index contributed by atoms with van der Waals surface area (Å²) in [7, 11) is 0. The predicted molar refractivity (Wildman–Crippen MR) is 79.0 cm³/mol. The zero-order valence-corrected chi connectivity index (χ0v) is 15.0. The van der Waals surface area contributed by atoms with Crippen molar-refractivity contribution in [2.75, 3.05) is 13.2 Å². The van der Waals surface area contributed by atoms with Gasteiger partial charge in [0.05, 0.1) is 0 Å². The first-order valence-electron chi connectivity index (χ1n) is 6.79. The van der Waals surface area contributed by atoms with Crippen molar-refractivity contribution in [2.24, 2.45) is 0 Å². The van der Waals surface area contributed by atoms with Gasteiger partial charge in [-0.05, 0) is 0 Å². The molecule has 24 heavy (non-hydrogen) atoms. The third-order valence-electron chi connectivity index (χ3n) is 3.48. The molecular formula is C11H23O11SSe-. The van der Waals surface area contributed by atoms with Gasteiger partial charge in [0.15, 0.2) is 0 Å². The van der Waals surface area contributed by atoms with E-state index >= 15 is 0 Å². The van der Waals surface area contributed by atoms with Crippen LogP contribution in [0.5, 0.6) is 0 Å². The summed E-state index contributed by atoms with van der Waals surface area (Å²) < 4.78 is 25.3. The number of hydrogen-bond donors (Lipinski definition) is 8. The van der Waals surface area contributed by atoms with E-state index in [2.05, 4.69) is 0 Å². The second kappa shape index (κ2) is 11.8. The fourth-order valence-corrected chi connectivity index (χ4v) is 7.81. The zero-order valence-electron chi connectivity index (χ0n) is 12.5. The molecule has 0 saturated carbocycles. The van der Waals surface area contributed by atoms with Crippen LogP contribution in [0.25, 0.3) is 0 Å². The molecule has 0 amide bonds. The maximum absolute atomic E-state index is 9.86. The standard InChI is InChI=1S/C11H23O8Se.H2O3S/c12-1-5(14)10(18)11(19)7(16)4-20-3-6(15)9(17)8(20)2-13;1-4(2)3/h5-19H,1-4H2;(H2,1,2,3)/q+1;/p-2/t5-,6+,7+,8+,9-,10+,11-,20?;/m0./s1. The molecule has 1 aliphatic rings. The molecule has 13 heteroatoms. The molecule has 1 aliphatic heterocycles. The zero-order chi connectivity index (χ0) is 19.0. The van der Waals surface area contributed by atoms with Crippen LogP contribution in [-0.2, 0) is 11.4 Å². The van der Waals surface area contributed by atoms with Gasteiger partial charge in [-0.3, -0.25) is 4.21 Å². The number of hydrogen-bond acceptors (Lipinski definition) is 11. The van der Waals surface area contributed by atoms with Gasteiger partial charge in [-0.1, -0.05) is 0 Å². The Morgan fingerprint density at radius 3 is 1.92 bits per heavy atom. The van der Waals surface area contributed by atoms with Gasteiger partial charge in [0.2, 0.25) is 0 Å². The molecule has 0 radical (unpaired) electrons. The summed E-state index contributed by atoms with van der Waals surface area (Å²) in [6, 6.07) is 0. The van der Waals surface area contributed by atoms with Crippen molar-refractivity contribution >= 4 is 25.3 Å². The fourth-order valence-electron chi connectivity index (χ4n) is 2.17. The molecule has 0 aromatic heterocycles. The molecule has 1 rings (SSSR count). The Bertz CT molecular complexity index is 372. The topological polar surface area (TPSA) is 225 Å². The molecule has 11 nitrogen and oxygen atoms in total. The van der Waals surface area contributed by atoms with Crippen LogP contribution in [0.15, 0.2) is 0 Å². The molecular weight excluding hydrogens is 419 g/mol. The van der Waals surface area contributed by atoms with Crippen molar-refractivity contribution in [3.8, 4) is 0 Å². The Kier molecular flexibility index (Phi) is 11.9. The van der Waals surface area contributed by atoms with Crippen molar-refractivity contribution in [3.05, 3.63) is 0 Å². The van der Waals surface area contributed by atoms with Gasteiger partial charge in [-0.2, -0.15) is 0 Å². The van der Waals surface area contributed by atoms with E-state index in [1.807, 2.05) is 0 Å². The van der Waals surface area contributed by atoms with Crippen molar-refractivity contribution in [2.45, 2.75) is 52.1 Å². The Hall–Kier alpha value is 0.269. The van der Waals surface area contributed by atoms with Gasteiger partial charge in [0.25, 0.3) is 0 Å². The number of aliphatic hydroxyl groups excluding tert-OH is 8. The van der Waals surface area contributed by atoms with E-state index in [4.69, 9.17) is 18.4 Å². The summed E-state index contributed by atoms with van der Waals surface area (Å²) in [6.45, 7) is -1.06. The molecule has 0 aromatic rings. The van der Waals surface area contributed by atoms with E-state index < -0.39 is 73.3 Å². The Morgan fingerprint density at radius 2 is 1.50 bits per heavy atom.